The Bertz CT molecular complexity index is 586. The number of aryl methyl sites for hydroxylation is 1. The van der Waals surface area contributed by atoms with Gasteiger partial charge in [0.2, 0.25) is 0 Å². The molecule has 0 bridgehead atoms. The van der Waals surface area contributed by atoms with Crippen LogP contribution in [0.2, 0.25) is 0 Å². The van der Waals surface area contributed by atoms with E-state index in [0.29, 0.717) is 12.2 Å². The van der Waals surface area contributed by atoms with Gasteiger partial charge < -0.3 is 5.32 Å². The summed E-state index contributed by atoms with van der Waals surface area (Å²) in [5.41, 5.74) is 3.77. The van der Waals surface area contributed by atoms with Gasteiger partial charge >= 0.3 is 0 Å². The van der Waals surface area contributed by atoms with Crippen molar-refractivity contribution in [2.24, 2.45) is 0 Å². The van der Waals surface area contributed by atoms with E-state index in [4.69, 9.17) is 0 Å². The van der Waals surface area contributed by atoms with Crippen LogP contribution in [0, 0.1) is 6.92 Å². The third kappa shape index (κ3) is 1.62. The van der Waals surface area contributed by atoms with E-state index in [0.717, 1.165) is 17.8 Å². The molecule has 2 heterocycles. The molecule has 0 aliphatic carbocycles. The minimum atomic E-state index is -0.0383. The van der Waals surface area contributed by atoms with Crippen LogP contribution in [0.5, 0.6) is 0 Å². The van der Waals surface area contributed by atoms with Crippen molar-refractivity contribution in [1.82, 2.24) is 15.1 Å². The molecule has 1 amide bonds. The van der Waals surface area contributed by atoms with Gasteiger partial charge in [-0.3, -0.25) is 9.48 Å². The zero-order valence-electron chi connectivity index (χ0n) is 9.60. The second-order valence-corrected chi connectivity index (χ2v) is 4.21. The van der Waals surface area contributed by atoms with Crippen molar-refractivity contribution in [1.29, 1.82) is 0 Å². The highest BCUT2D eigenvalue weighted by Crippen LogP contribution is 2.23. The molecule has 0 atom stereocenters. The number of carbonyl (C=O) groups is 1. The predicted molar refractivity (Wildman–Crippen MR) is 64.7 cm³/mol. The Morgan fingerprint density at radius 1 is 1.35 bits per heavy atom. The molecule has 1 aromatic heterocycles. The summed E-state index contributed by atoms with van der Waals surface area (Å²) < 4.78 is 1.78. The monoisotopic (exact) mass is 227 g/mol. The average Bonchev–Trinajstić information content (AvgIpc) is 2.75. The van der Waals surface area contributed by atoms with Crippen LogP contribution in [-0.4, -0.2) is 22.2 Å². The molecular weight excluding hydrogens is 214 g/mol. The van der Waals surface area contributed by atoms with Gasteiger partial charge in [-0.05, 0) is 18.6 Å². The highest BCUT2D eigenvalue weighted by molar-refractivity contribution is 5.94. The van der Waals surface area contributed by atoms with Crippen LogP contribution >= 0.6 is 0 Å². The molecule has 1 aliphatic rings. The molecule has 1 aromatic carbocycles. The van der Waals surface area contributed by atoms with Gasteiger partial charge in [0.1, 0.15) is 5.69 Å². The first-order chi connectivity index (χ1) is 8.25. The van der Waals surface area contributed by atoms with E-state index in [9.17, 15) is 4.79 Å². The lowest BCUT2D eigenvalue weighted by molar-refractivity contribution is 0.0924. The lowest BCUT2D eigenvalue weighted by atomic mass is 10.1. The van der Waals surface area contributed by atoms with Crippen molar-refractivity contribution < 1.29 is 4.79 Å². The first-order valence-corrected chi connectivity index (χ1v) is 5.68. The van der Waals surface area contributed by atoms with E-state index in [2.05, 4.69) is 10.4 Å². The summed E-state index contributed by atoms with van der Waals surface area (Å²) in [5, 5.41) is 7.31. The quantitative estimate of drug-likeness (QED) is 0.804. The number of nitrogens with one attached hydrogen (secondary N) is 1. The number of carbonyl (C=O) groups excluding carboxylic acids is 1. The van der Waals surface area contributed by atoms with Gasteiger partial charge in [-0.1, -0.05) is 24.3 Å². The number of nitrogens with zero attached hydrogens (tertiary/aromatic N) is 2. The Balaban J connectivity index is 2.11. The summed E-state index contributed by atoms with van der Waals surface area (Å²) in [6, 6.07) is 9.93. The molecule has 0 spiro atoms. The molecule has 4 heteroatoms. The number of rotatable bonds is 1. The summed E-state index contributed by atoms with van der Waals surface area (Å²) in [7, 11) is 0. The molecule has 1 N–H and O–H groups in total. The van der Waals surface area contributed by atoms with Gasteiger partial charge in [0.15, 0.2) is 0 Å². The van der Waals surface area contributed by atoms with E-state index in [-0.39, 0.29) is 5.91 Å². The van der Waals surface area contributed by atoms with Crippen molar-refractivity contribution in [3.8, 4) is 11.3 Å². The fourth-order valence-corrected chi connectivity index (χ4v) is 2.13. The summed E-state index contributed by atoms with van der Waals surface area (Å²) in [6.45, 7) is 3.45. The number of aromatic nitrogens is 2. The Morgan fingerprint density at radius 2 is 2.18 bits per heavy atom. The maximum absolute atomic E-state index is 11.6. The average molecular weight is 227 g/mol. The van der Waals surface area contributed by atoms with Crippen molar-refractivity contribution >= 4 is 5.91 Å². The Morgan fingerprint density at radius 3 is 2.94 bits per heavy atom. The van der Waals surface area contributed by atoms with Gasteiger partial charge in [-0.25, -0.2) is 0 Å². The molecule has 4 nitrogen and oxygen atoms in total. The van der Waals surface area contributed by atoms with E-state index >= 15 is 0 Å². The molecular formula is C13H13N3O. The molecule has 2 aromatic rings. The Kier molecular flexibility index (Phi) is 2.21. The van der Waals surface area contributed by atoms with Gasteiger partial charge in [-0.2, -0.15) is 5.10 Å². The van der Waals surface area contributed by atoms with Crippen molar-refractivity contribution in [2.75, 3.05) is 6.54 Å². The smallest absolute Gasteiger partial charge is 0.269 e. The highest BCUT2D eigenvalue weighted by Gasteiger charge is 2.19. The number of fused-ring (bicyclic) bond motifs is 1. The summed E-state index contributed by atoms with van der Waals surface area (Å²) in [6.07, 6.45) is 0. The van der Waals surface area contributed by atoms with Crippen molar-refractivity contribution in [2.45, 2.75) is 13.5 Å². The Labute approximate surface area is 99.3 Å². The molecule has 3 rings (SSSR count). The zero-order chi connectivity index (χ0) is 11.8. The number of amides is 1. The minimum Gasteiger partial charge on any atom is -0.349 e. The fraction of sp³-hybridized carbons (Fsp3) is 0.231. The minimum absolute atomic E-state index is 0.0383. The number of benzene rings is 1. The fourth-order valence-electron chi connectivity index (χ4n) is 2.13. The van der Waals surface area contributed by atoms with E-state index in [1.165, 1.54) is 5.56 Å². The molecule has 0 saturated carbocycles. The van der Waals surface area contributed by atoms with E-state index in [1.807, 2.05) is 37.3 Å². The molecule has 1 aliphatic heterocycles. The summed E-state index contributed by atoms with van der Waals surface area (Å²) in [5.74, 6) is -0.0383. The van der Waals surface area contributed by atoms with Gasteiger partial charge in [0.05, 0.1) is 12.2 Å². The lowest BCUT2D eigenvalue weighted by Crippen LogP contribution is -2.35. The normalized spacial score (nSPS) is 14.3. The van der Waals surface area contributed by atoms with E-state index < -0.39 is 0 Å². The Hall–Kier alpha value is -2.10. The van der Waals surface area contributed by atoms with Crippen LogP contribution in [-0.2, 0) is 6.54 Å². The number of hydrogen-bond donors (Lipinski definition) is 1. The molecule has 0 saturated heterocycles. The summed E-state index contributed by atoms with van der Waals surface area (Å²) in [4.78, 5) is 11.6. The van der Waals surface area contributed by atoms with Gasteiger partial charge in [-0.15, -0.1) is 0 Å². The van der Waals surface area contributed by atoms with Crippen LogP contribution in [0.1, 0.15) is 16.1 Å². The van der Waals surface area contributed by atoms with Crippen LogP contribution in [0.25, 0.3) is 11.3 Å². The van der Waals surface area contributed by atoms with Crippen LogP contribution in [0.3, 0.4) is 0 Å². The predicted octanol–water partition coefficient (Wildman–Crippen LogP) is 1.60. The second-order valence-electron chi connectivity index (χ2n) is 4.21. The van der Waals surface area contributed by atoms with Crippen LogP contribution < -0.4 is 5.32 Å². The lowest BCUT2D eigenvalue weighted by Gasteiger charge is -2.13. The summed E-state index contributed by atoms with van der Waals surface area (Å²) >= 11 is 0. The standard InChI is InChI=1S/C13H13N3O/c1-9-4-2-3-5-10(9)11-8-12-13(17)14-6-7-16(12)15-11/h2-5,8H,6-7H2,1H3,(H,14,17). The molecule has 0 fully saturated rings. The highest BCUT2D eigenvalue weighted by atomic mass is 16.2. The first-order valence-electron chi connectivity index (χ1n) is 5.68. The van der Waals surface area contributed by atoms with Crippen molar-refractivity contribution in [3.05, 3.63) is 41.6 Å². The maximum atomic E-state index is 11.6. The molecule has 0 unspecified atom stereocenters. The maximum Gasteiger partial charge on any atom is 0.269 e. The van der Waals surface area contributed by atoms with Gasteiger partial charge in [0.25, 0.3) is 5.91 Å². The van der Waals surface area contributed by atoms with Crippen LogP contribution in [0.4, 0.5) is 0 Å². The second kappa shape index (κ2) is 3.73. The van der Waals surface area contributed by atoms with Crippen LogP contribution in [0.15, 0.2) is 30.3 Å². The third-order valence-corrected chi connectivity index (χ3v) is 3.04. The zero-order valence-corrected chi connectivity index (χ0v) is 9.60. The topological polar surface area (TPSA) is 46.9 Å². The van der Waals surface area contributed by atoms with Crippen molar-refractivity contribution in [3.63, 3.8) is 0 Å². The first kappa shape index (κ1) is 10.1. The molecule has 86 valence electrons. The molecule has 0 radical (unpaired) electrons. The third-order valence-electron chi connectivity index (χ3n) is 3.04. The van der Waals surface area contributed by atoms with E-state index in [1.54, 1.807) is 4.68 Å². The SMILES string of the molecule is Cc1ccccc1-c1cc2n(n1)CCNC2=O. The molecule has 17 heavy (non-hydrogen) atoms. The van der Waals surface area contributed by atoms with Gasteiger partial charge in [0, 0.05) is 12.1 Å². The number of hydrogen-bond acceptors (Lipinski definition) is 2. The largest absolute Gasteiger partial charge is 0.349 e.